The van der Waals surface area contributed by atoms with Gasteiger partial charge in [-0.1, -0.05) is 167 Å². The third-order valence-electron chi connectivity index (χ3n) is 8.66. The molecule has 0 fully saturated rings. The lowest BCUT2D eigenvalue weighted by Gasteiger charge is -2.19. The molecule has 10 heteroatoms. The Morgan fingerprint density at radius 2 is 0.978 bits per heavy atom. The largest absolute Gasteiger partial charge is 0.354 e. The van der Waals surface area contributed by atoms with Crippen molar-refractivity contribution in [3.8, 4) is 0 Å². The molecule has 0 aromatic rings. The molecule has 0 saturated heterocycles. The quantitative estimate of drug-likeness (QED) is 0.0154. The highest BCUT2D eigenvalue weighted by Gasteiger charge is 2.20. The molecule has 0 aliphatic rings. The zero-order chi connectivity index (χ0) is 33.9. The van der Waals surface area contributed by atoms with Gasteiger partial charge in [-0.15, -0.1) is 0 Å². The summed E-state index contributed by atoms with van der Waals surface area (Å²) in [5.74, 6) is -0.687. The Labute approximate surface area is 281 Å². The number of carbonyl (C=O) groups excluding carboxylic acids is 2. The van der Waals surface area contributed by atoms with E-state index in [2.05, 4.69) is 29.8 Å². The Kier molecular flexibility index (Phi) is 32.2. The molecule has 5 N–H and O–H groups in total. The van der Waals surface area contributed by atoms with Crippen molar-refractivity contribution in [2.24, 2.45) is 0 Å². The Morgan fingerprint density at radius 1 is 0.587 bits per heavy atom. The minimum absolute atomic E-state index is 0.107. The van der Waals surface area contributed by atoms with Crippen molar-refractivity contribution in [3.05, 3.63) is 10.1 Å². The number of nitrogens with one attached hydrogen (secondary N) is 5. The first-order valence-corrected chi connectivity index (χ1v) is 19.2. The highest BCUT2D eigenvalue weighted by Crippen LogP contribution is 2.14. The van der Waals surface area contributed by atoms with Crippen molar-refractivity contribution >= 4 is 17.8 Å². The van der Waals surface area contributed by atoms with E-state index in [0.29, 0.717) is 25.8 Å². The van der Waals surface area contributed by atoms with Gasteiger partial charge < -0.3 is 16.0 Å². The van der Waals surface area contributed by atoms with Crippen LogP contribution < -0.4 is 21.4 Å². The summed E-state index contributed by atoms with van der Waals surface area (Å²) in [6, 6.07) is -0.647. The van der Waals surface area contributed by atoms with E-state index in [-0.39, 0.29) is 18.4 Å². The number of rotatable bonds is 34. The van der Waals surface area contributed by atoms with Gasteiger partial charge in [0.05, 0.1) is 0 Å². The number of carbonyl (C=O) groups is 2. The second-order valence-corrected chi connectivity index (χ2v) is 13.1. The monoisotopic (exact) mass is 653 g/mol. The van der Waals surface area contributed by atoms with Gasteiger partial charge in [0.25, 0.3) is 5.96 Å². The number of guanidine groups is 1. The first-order valence-electron chi connectivity index (χ1n) is 19.2. The number of amides is 2. The van der Waals surface area contributed by atoms with Crippen molar-refractivity contribution in [1.29, 1.82) is 5.41 Å². The minimum Gasteiger partial charge on any atom is -0.354 e. The molecule has 0 heterocycles. The predicted octanol–water partition coefficient (Wildman–Crippen LogP) is 8.86. The van der Waals surface area contributed by atoms with Gasteiger partial charge in [-0.25, -0.2) is 10.1 Å². The average molecular weight is 653 g/mol. The lowest BCUT2D eigenvalue weighted by molar-refractivity contribution is -0.525. The Hall–Kier alpha value is -2.39. The molecular weight excluding hydrogens is 580 g/mol. The second kappa shape index (κ2) is 34.0. The summed E-state index contributed by atoms with van der Waals surface area (Å²) < 4.78 is 0. The fourth-order valence-corrected chi connectivity index (χ4v) is 5.79. The van der Waals surface area contributed by atoms with Gasteiger partial charge in [0.15, 0.2) is 5.03 Å². The van der Waals surface area contributed by atoms with Gasteiger partial charge in [0, 0.05) is 19.5 Å². The van der Waals surface area contributed by atoms with Crippen LogP contribution in [0.15, 0.2) is 0 Å². The summed E-state index contributed by atoms with van der Waals surface area (Å²) in [5, 5.41) is 25.7. The zero-order valence-electron chi connectivity index (χ0n) is 29.9. The van der Waals surface area contributed by atoms with Crippen molar-refractivity contribution in [1.82, 2.24) is 21.4 Å². The van der Waals surface area contributed by atoms with Crippen molar-refractivity contribution in [3.63, 3.8) is 0 Å². The Morgan fingerprint density at radius 3 is 1.41 bits per heavy atom. The van der Waals surface area contributed by atoms with Gasteiger partial charge in [0.2, 0.25) is 11.8 Å². The number of nitro groups is 1. The molecule has 1 atom stereocenters. The van der Waals surface area contributed by atoms with Gasteiger partial charge in [-0.2, -0.15) is 0 Å². The molecular formula is C36H72N6O4. The van der Waals surface area contributed by atoms with E-state index >= 15 is 0 Å². The molecule has 0 aliphatic heterocycles. The van der Waals surface area contributed by atoms with Crippen LogP contribution in [-0.2, 0) is 9.59 Å². The van der Waals surface area contributed by atoms with E-state index in [1.54, 1.807) is 5.43 Å². The molecule has 0 spiro atoms. The first-order chi connectivity index (χ1) is 22.4. The Balaban J connectivity index is 4.18. The molecule has 46 heavy (non-hydrogen) atoms. The fourth-order valence-electron chi connectivity index (χ4n) is 5.79. The maximum absolute atomic E-state index is 12.9. The third kappa shape index (κ3) is 31.6. The van der Waals surface area contributed by atoms with Crippen LogP contribution in [0.5, 0.6) is 0 Å². The first kappa shape index (κ1) is 43.6. The summed E-state index contributed by atoms with van der Waals surface area (Å²) in [5.41, 5.74) is 1.76. The maximum atomic E-state index is 12.9. The molecule has 0 radical (unpaired) electrons. The van der Waals surface area contributed by atoms with Crippen LogP contribution >= 0.6 is 0 Å². The molecule has 0 aromatic carbocycles. The summed E-state index contributed by atoms with van der Waals surface area (Å²) in [6.07, 6.45) is 32.7. The van der Waals surface area contributed by atoms with Crippen LogP contribution in [0, 0.1) is 15.5 Å². The smallest absolute Gasteiger partial charge is 0.251 e. The highest BCUT2D eigenvalue weighted by molar-refractivity contribution is 5.87. The number of hydrogen-bond donors (Lipinski definition) is 5. The van der Waals surface area contributed by atoms with Crippen LogP contribution in [0.2, 0.25) is 0 Å². The van der Waals surface area contributed by atoms with E-state index in [0.717, 1.165) is 32.1 Å². The van der Waals surface area contributed by atoms with Crippen molar-refractivity contribution in [2.75, 3.05) is 13.1 Å². The average Bonchev–Trinajstić information content (AvgIpc) is 3.02. The third-order valence-corrected chi connectivity index (χ3v) is 8.66. The SMILES string of the molecule is CCCCCCCCCCCCCCCCCC(=O)N[C@@H](CCCNC(=N)N[N+](=O)[O-])C(=O)NCCCCCCCCCCCC. The topological polar surface area (TPSA) is 149 Å². The van der Waals surface area contributed by atoms with Crippen LogP contribution in [0.25, 0.3) is 0 Å². The van der Waals surface area contributed by atoms with Crippen LogP contribution in [0.1, 0.15) is 194 Å². The van der Waals surface area contributed by atoms with Crippen molar-refractivity contribution < 1.29 is 14.6 Å². The van der Waals surface area contributed by atoms with Gasteiger partial charge in [0.1, 0.15) is 6.04 Å². The standard InChI is InChI=1S/C36H72N6O4/c1-3-5-7-9-11-13-15-16-17-18-19-20-22-24-26-30-34(43)40-33(29-28-32-39-36(37)41-42(45)46)35(44)38-31-27-25-23-21-14-12-10-8-6-4-2/h33H,3-32H2,1-2H3,(H,38,44)(H,40,43)(H3,37,39,41)/t33-/m0/s1. The molecule has 10 nitrogen and oxygen atoms in total. The molecule has 0 aliphatic carbocycles. The summed E-state index contributed by atoms with van der Waals surface area (Å²) in [4.78, 5) is 36.1. The number of nitrogens with zero attached hydrogens (tertiary/aromatic N) is 1. The number of hydrogen-bond acceptors (Lipinski definition) is 5. The van der Waals surface area contributed by atoms with Crippen LogP contribution in [0.3, 0.4) is 0 Å². The molecule has 2 amide bonds. The van der Waals surface area contributed by atoms with E-state index in [1.165, 1.54) is 128 Å². The van der Waals surface area contributed by atoms with Gasteiger partial charge in [-0.05, 0) is 25.7 Å². The van der Waals surface area contributed by atoms with Gasteiger partial charge in [-0.3, -0.25) is 15.0 Å². The molecule has 0 rings (SSSR count). The molecule has 0 aromatic heterocycles. The predicted molar refractivity (Wildman–Crippen MR) is 191 cm³/mol. The summed E-state index contributed by atoms with van der Waals surface area (Å²) in [7, 11) is 0. The van der Waals surface area contributed by atoms with E-state index < -0.39 is 17.0 Å². The van der Waals surface area contributed by atoms with Crippen LogP contribution in [0.4, 0.5) is 0 Å². The van der Waals surface area contributed by atoms with Crippen LogP contribution in [-0.4, -0.2) is 41.9 Å². The fraction of sp³-hybridized carbons (Fsp3) is 0.917. The number of unbranched alkanes of at least 4 members (excludes halogenated alkanes) is 23. The van der Waals surface area contributed by atoms with E-state index in [9.17, 15) is 19.7 Å². The maximum Gasteiger partial charge on any atom is 0.251 e. The lowest BCUT2D eigenvalue weighted by Crippen LogP contribution is -2.47. The highest BCUT2D eigenvalue weighted by atomic mass is 16.7. The zero-order valence-corrected chi connectivity index (χ0v) is 29.9. The Bertz CT molecular complexity index is 752. The molecule has 270 valence electrons. The second-order valence-electron chi connectivity index (χ2n) is 13.1. The van der Waals surface area contributed by atoms with Gasteiger partial charge >= 0.3 is 0 Å². The minimum atomic E-state index is -0.794. The summed E-state index contributed by atoms with van der Waals surface area (Å²) >= 11 is 0. The summed E-state index contributed by atoms with van der Waals surface area (Å²) in [6.45, 7) is 5.38. The normalized spacial score (nSPS) is 11.6. The molecule has 0 saturated carbocycles. The molecule has 0 unspecified atom stereocenters. The van der Waals surface area contributed by atoms with E-state index in [4.69, 9.17) is 5.41 Å². The lowest BCUT2D eigenvalue weighted by atomic mass is 10.0. The molecule has 0 bridgehead atoms. The van der Waals surface area contributed by atoms with Crippen molar-refractivity contribution in [2.45, 2.75) is 200 Å². The number of hydrazine groups is 1. The van der Waals surface area contributed by atoms with E-state index in [1.807, 2.05) is 0 Å².